The Bertz CT molecular complexity index is 585. The fourth-order valence-corrected chi connectivity index (χ4v) is 3.31. The van der Waals surface area contributed by atoms with E-state index in [2.05, 4.69) is 10.0 Å². The van der Waals surface area contributed by atoms with Crippen LogP contribution in [0.1, 0.15) is 33.6 Å². The minimum atomic E-state index is -3.77. The molecule has 1 aromatic carbocycles. The Hall–Kier alpha value is -1.11. The molecule has 1 aromatic rings. The van der Waals surface area contributed by atoms with Crippen LogP contribution in [0.3, 0.4) is 0 Å². The van der Waals surface area contributed by atoms with E-state index in [-0.39, 0.29) is 16.7 Å². The third kappa shape index (κ3) is 5.59. The summed E-state index contributed by atoms with van der Waals surface area (Å²) in [6.45, 7) is 6.17. The second-order valence-corrected chi connectivity index (χ2v) is 7.59. The summed E-state index contributed by atoms with van der Waals surface area (Å²) < 4.78 is 27.2. The summed E-state index contributed by atoms with van der Waals surface area (Å²) in [7, 11) is -3.77. The van der Waals surface area contributed by atoms with E-state index >= 15 is 0 Å². The first kappa shape index (κ1) is 18.9. The maximum Gasteiger partial charge on any atom is 0.241 e. The lowest BCUT2D eigenvalue weighted by Crippen LogP contribution is -2.49. The molecule has 0 saturated heterocycles. The first-order valence-corrected chi connectivity index (χ1v) is 9.19. The van der Waals surface area contributed by atoms with Crippen molar-refractivity contribution in [3.8, 4) is 0 Å². The summed E-state index contributed by atoms with van der Waals surface area (Å²) >= 11 is 5.76. The third-order valence-electron chi connectivity index (χ3n) is 3.18. The van der Waals surface area contributed by atoms with Crippen LogP contribution >= 0.6 is 11.6 Å². The molecule has 124 valence electrons. The number of hydrogen-bond acceptors (Lipinski definition) is 3. The van der Waals surface area contributed by atoms with Gasteiger partial charge < -0.3 is 5.32 Å². The van der Waals surface area contributed by atoms with Gasteiger partial charge in [0.25, 0.3) is 0 Å². The smallest absolute Gasteiger partial charge is 0.241 e. The Morgan fingerprint density at radius 1 is 1.23 bits per heavy atom. The summed E-state index contributed by atoms with van der Waals surface area (Å²) in [5, 5.41) is 3.22. The maximum atomic E-state index is 12.4. The second-order valence-electron chi connectivity index (χ2n) is 5.44. The Morgan fingerprint density at radius 3 is 2.32 bits per heavy atom. The summed E-state index contributed by atoms with van der Waals surface area (Å²) in [5.41, 5.74) is 0. The third-order valence-corrected chi connectivity index (χ3v) is 4.89. The molecule has 1 atom stereocenters. The number of benzene rings is 1. The van der Waals surface area contributed by atoms with Crippen LogP contribution < -0.4 is 10.0 Å². The molecule has 5 nitrogen and oxygen atoms in total. The van der Waals surface area contributed by atoms with Gasteiger partial charge >= 0.3 is 0 Å². The van der Waals surface area contributed by atoms with Crippen molar-refractivity contribution in [2.75, 3.05) is 6.54 Å². The monoisotopic (exact) mass is 346 g/mol. The Labute approximate surface area is 137 Å². The molecule has 0 heterocycles. The molecular formula is C15H23ClN2O3S. The van der Waals surface area contributed by atoms with Crippen LogP contribution in [0.4, 0.5) is 0 Å². The lowest BCUT2D eigenvalue weighted by molar-refractivity contribution is -0.123. The van der Waals surface area contributed by atoms with Crippen molar-refractivity contribution in [2.24, 2.45) is 5.92 Å². The average Bonchev–Trinajstić information content (AvgIpc) is 2.45. The highest BCUT2D eigenvalue weighted by molar-refractivity contribution is 7.89. The topological polar surface area (TPSA) is 75.3 Å². The highest BCUT2D eigenvalue weighted by Gasteiger charge is 2.28. The predicted octanol–water partition coefficient (Wildman–Crippen LogP) is 2.56. The normalized spacial score (nSPS) is 13.1. The van der Waals surface area contributed by atoms with Crippen LogP contribution in [0.25, 0.3) is 0 Å². The quantitative estimate of drug-likeness (QED) is 0.710. The number of halogens is 1. The van der Waals surface area contributed by atoms with Crippen molar-refractivity contribution in [1.82, 2.24) is 10.0 Å². The van der Waals surface area contributed by atoms with Gasteiger partial charge in [-0.3, -0.25) is 4.79 Å². The molecule has 0 radical (unpaired) electrons. The lowest BCUT2D eigenvalue weighted by Gasteiger charge is -2.21. The Kier molecular flexibility index (Phi) is 7.32. The van der Waals surface area contributed by atoms with E-state index in [9.17, 15) is 13.2 Å². The number of hydrogen-bond donors (Lipinski definition) is 2. The number of unbranched alkanes of at least 4 members (excludes halogenated alkanes) is 1. The number of carbonyl (C=O) groups is 1. The highest BCUT2D eigenvalue weighted by Crippen LogP contribution is 2.15. The van der Waals surface area contributed by atoms with Crippen LogP contribution in [0.5, 0.6) is 0 Å². The molecule has 0 spiro atoms. The van der Waals surface area contributed by atoms with Crippen molar-refractivity contribution < 1.29 is 13.2 Å². The largest absolute Gasteiger partial charge is 0.355 e. The number of rotatable bonds is 8. The molecule has 22 heavy (non-hydrogen) atoms. The molecule has 2 N–H and O–H groups in total. The van der Waals surface area contributed by atoms with E-state index in [1.165, 1.54) is 24.3 Å². The van der Waals surface area contributed by atoms with Crippen molar-refractivity contribution >= 4 is 27.5 Å². The zero-order chi connectivity index (χ0) is 16.8. The Balaban J connectivity index is 2.85. The number of carbonyl (C=O) groups excluding carboxylic acids is 1. The molecule has 0 aliphatic heterocycles. The Morgan fingerprint density at radius 2 is 1.82 bits per heavy atom. The van der Waals surface area contributed by atoms with Crippen molar-refractivity contribution in [1.29, 1.82) is 0 Å². The van der Waals surface area contributed by atoms with E-state index in [0.29, 0.717) is 11.6 Å². The van der Waals surface area contributed by atoms with Gasteiger partial charge in [0.15, 0.2) is 0 Å². The molecule has 0 fully saturated rings. The number of nitrogens with one attached hydrogen (secondary N) is 2. The standard InChI is InChI=1S/C15H23ClN2O3S/c1-4-5-10-17-15(19)14(11(2)3)18-22(20,21)13-8-6-12(16)7-9-13/h6-9,11,14,18H,4-5,10H2,1-3H3,(H,17,19)/t14-/m0/s1. The molecule has 0 aliphatic rings. The summed E-state index contributed by atoms with van der Waals surface area (Å²) in [6.07, 6.45) is 1.82. The highest BCUT2D eigenvalue weighted by atomic mass is 35.5. The fraction of sp³-hybridized carbons (Fsp3) is 0.533. The first-order valence-electron chi connectivity index (χ1n) is 7.33. The van der Waals surface area contributed by atoms with Gasteiger partial charge in [0.05, 0.1) is 4.90 Å². The van der Waals surface area contributed by atoms with Gasteiger partial charge in [-0.1, -0.05) is 38.8 Å². The van der Waals surface area contributed by atoms with Crippen molar-refractivity contribution in [2.45, 2.75) is 44.6 Å². The van der Waals surface area contributed by atoms with E-state index in [4.69, 9.17) is 11.6 Å². The van der Waals surface area contributed by atoms with E-state index < -0.39 is 16.1 Å². The molecule has 0 saturated carbocycles. The first-order chi connectivity index (χ1) is 10.3. The maximum absolute atomic E-state index is 12.4. The average molecular weight is 347 g/mol. The number of sulfonamides is 1. The van der Waals surface area contributed by atoms with E-state index in [0.717, 1.165) is 12.8 Å². The molecule has 1 rings (SSSR count). The fourth-order valence-electron chi connectivity index (χ4n) is 1.84. The van der Waals surface area contributed by atoms with Crippen molar-refractivity contribution in [3.05, 3.63) is 29.3 Å². The van der Waals surface area contributed by atoms with Crippen LogP contribution in [0.15, 0.2) is 29.2 Å². The van der Waals surface area contributed by atoms with E-state index in [1.807, 2.05) is 6.92 Å². The van der Waals surface area contributed by atoms with Crippen LogP contribution in [-0.4, -0.2) is 26.9 Å². The summed E-state index contributed by atoms with van der Waals surface area (Å²) in [4.78, 5) is 12.3. The molecule has 1 amide bonds. The molecule has 0 unspecified atom stereocenters. The minimum absolute atomic E-state index is 0.0870. The predicted molar refractivity (Wildman–Crippen MR) is 88.3 cm³/mol. The van der Waals surface area contributed by atoms with Crippen LogP contribution in [0, 0.1) is 5.92 Å². The molecule has 0 aromatic heterocycles. The number of amides is 1. The van der Waals surface area contributed by atoms with Gasteiger partial charge in [-0.25, -0.2) is 8.42 Å². The summed E-state index contributed by atoms with van der Waals surface area (Å²) in [6, 6.07) is 5.02. The van der Waals surface area contributed by atoms with Gasteiger partial charge in [-0.05, 0) is 36.6 Å². The van der Waals surface area contributed by atoms with Gasteiger partial charge in [0, 0.05) is 11.6 Å². The minimum Gasteiger partial charge on any atom is -0.355 e. The molecule has 0 bridgehead atoms. The zero-order valence-corrected chi connectivity index (χ0v) is 14.7. The van der Waals surface area contributed by atoms with Crippen LogP contribution in [-0.2, 0) is 14.8 Å². The molecular weight excluding hydrogens is 324 g/mol. The summed E-state index contributed by atoms with van der Waals surface area (Å²) in [5.74, 6) is -0.468. The molecule has 0 aliphatic carbocycles. The second kappa shape index (κ2) is 8.50. The molecule has 7 heteroatoms. The van der Waals surface area contributed by atoms with Crippen molar-refractivity contribution in [3.63, 3.8) is 0 Å². The van der Waals surface area contributed by atoms with Gasteiger partial charge in [0.1, 0.15) is 6.04 Å². The SMILES string of the molecule is CCCCNC(=O)[C@@H](NS(=O)(=O)c1ccc(Cl)cc1)C(C)C. The van der Waals surface area contributed by atoms with Gasteiger partial charge in [0.2, 0.25) is 15.9 Å². The van der Waals surface area contributed by atoms with Crippen LogP contribution in [0.2, 0.25) is 5.02 Å². The van der Waals surface area contributed by atoms with Gasteiger partial charge in [-0.15, -0.1) is 0 Å². The van der Waals surface area contributed by atoms with E-state index in [1.54, 1.807) is 13.8 Å². The lowest BCUT2D eigenvalue weighted by atomic mass is 10.1. The zero-order valence-electron chi connectivity index (χ0n) is 13.1. The van der Waals surface area contributed by atoms with Gasteiger partial charge in [-0.2, -0.15) is 4.72 Å².